The molecule has 0 aliphatic carbocycles. The summed E-state index contributed by atoms with van der Waals surface area (Å²) >= 11 is 6.17. The zero-order valence-corrected chi connectivity index (χ0v) is 14.4. The Morgan fingerprint density at radius 3 is 2.00 bits per heavy atom. The third-order valence-electron chi connectivity index (χ3n) is 4.03. The lowest BCUT2D eigenvalue weighted by Gasteiger charge is -2.13. The Hall–Kier alpha value is -3.58. The molecule has 3 rings (SSSR count). The Labute approximate surface area is 157 Å². The Kier molecular flexibility index (Phi) is 4.70. The number of rotatable bonds is 4. The number of aromatic nitrogens is 1. The van der Waals surface area contributed by atoms with E-state index in [1.54, 1.807) is 24.3 Å². The van der Waals surface area contributed by atoms with Crippen molar-refractivity contribution < 1.29 is 19.8 Å². The fourth-order valence-electron chi connectivity index (χ4n) is 2.85. The van der Waals surface area contributed by atoms with Crippen LogP contribution in [0.25, 0.3) is 22.3 Å². The number of pyridine rings is 1. The highest BCUT2D eigenvalue weighted by Gasteiger charge is 2.26. The summed E-state index contributed by atoms with van der Waals surface area (Å²) in [5.74, 6) is -3.41. The van der Waals surface area contributed by atoms with Crippen molar-refractivity contribution in [3.8, 4) is 22.3 Å². The van der Waals surface area contributed by atoms with E-state index in [0.29, 0.717) is 5.02 Å². The summed E-state index contributed by atoms with van der Waals surface area (Å²) in [6.07, 6.45) is 0. The van der Waals surface area contributed by atoms with E-state index in [2.05, 4.69) is 4.98 Å². The van der Waals surface area contributed by atoms with Crippen molar-refractivity contribution in [2.75, 3.05) is 5.73 Å². The highest BCUT2D eigenvalue weighted by molar-refractivity contribution is 6.33. The predicted molar refractivity (Wildman–Crippen MR) is 101 cm³/mol. The monoisotopic (exact) mass is 384 g/mol. The smallest absolute Gasteiger partial charge is 0.342 e. The molecular formula is C19H13ClN2O5. The van der Waals surface area contributed by atoms with Crippen molar-refractivity contribution >= 4 is 29.4 Å². The minimum absolute atomic E-state index is 0.235. The van der Waals surface area contributed by atoms with Crippen molar-refractivity contribution in [2.24, 2.45) is 0 Å². The van der Waals surface area contributed by atoms with Gasteiger partial charge in [0.1, 0.15) is 16.9 Å². The number of carbonyl (C=O) groups is 2. The van der Waals surface area contributed by atoms with E-state index in [1.807, 2.05) is 12.1 Å². The molecule has 7 nitrogen and oxygen atoms in total. The SMILES string of the molecule is Nc1[nH]c(=O)c(C(=O)O)c(-c2ccc(-c3ccccc3Cl)cc2)c1C(=O)O. The Morgan fingerprint density at radius 1 is 0.889 bits per heavy atom. The fourth-order valence-corrected chi connectivity index (χ4v) is 3.09. The van der Waals surface area contributed by atoms with Gasteiger partial charge in [0, 0.05) is 16.1 Å². The molecule has 136 valence electrons. The van der Waals surface area contributed by atoms with Crippen molar-refractivity contribution in [2.45, 2.75) is 0 Å². The second-order valence-electron chi connectivity index (χ2n) is 5.66. The number of aromatic amines is 1. The molecular weight excluding hydrogens is 372 g/mol. The molecule has 0 amide bonds. The zero-order valence-electron chi connectivity index (χ0n) is 13.7. The van der Waals surface area contributed by atoms with Crippen LogP contribution in [0.3, 0.4) is 0 Å². The number of carboxylic acids is 2. The van der Waals surface area contributed by atoms with Crippen LogP contribution in [-0.2, 0) is 0 Å². The lowest BCUT2D eigenvalue weighted by atomic mass is 9.94. The van der Waals surface area contributed by atoms with Crippen molar-refractivity contribution in [3.05, 3.63) is 75.0 Å². The topological polar surface area (TPSA) is 133 Å². The van der Waals surface area contributed by atoms with Gasteiger partial charge >= 0.3 is 11.9 Å². The number of H-pyrrole nitrogens is 1. The van der Waals surface area contributed by atoms with E-state index in [9.17, 15) is 24.6 Å². The lowest BCUT2D eigenvalue weighted by molar-refractivity contribution is 0.0695. The molecule has 0 spiro atoms. The van der Waals surface area contributed by atoms with E-state index in [4.69, 9.17) is 17.3 Å². The molecule has 1 heterocycles. The number of carboxylic acid groups (broad SMARTS) is 2. The van der Waals surface area contributed by atoms with Crippen LogP contribution in [0.15, 0.2) is 53.3 Å². The van der Waals surface area contributed by atoms with Crippen LogP contribution in [0.2, 0.25) is 5.02 Å². The van der Waals surface area contributed by atoms with E-state index in [-0.39, 0.29) is 11.1 Å². The minimum atomic E-state index is -1.55. The van der Waals surface area contributed by atoms with Crippen LogP contribution in [0.1, 0.15) is 20.7 Å². The van der Waals surface area contributed by atoms with Gasteiger partial charge in [-0.3, -0.25) is 4.79 Å². The number of nitrogens with one attached hydrogen (secondary N) is 1. The Balaban J connectivity index is 2.25. The second-order valence-corrected chi connectivity index (χ2v) is 6.07. The summed E-state index contributed by atoms with van der Waals surface area (Å²) in [6, 6.07) is 13.5. The number of benzene rings is 2. The Morgan fingerprint density at radius 2 is 1.44 bits per heavy atom. The average molecular weight is 385 g/mol. The van der Waals surface area contributed by atoms with Crippen LogP contribution in [-0.4, -0.2) is 27.1 Å². The van der Waals surface area contributed by atoms with Crippen LogP contribution < -0.4 is 11.3 Å². The summed E-state index contributed by atoms with van der Waals surface area (Å²) < 4.78 is 0. The van der Waals surface area contributed by atoms with Crippen LogP contribution in [0.4, 0.5) is 5.82 Å². The first-order valence-corrected chi connectivity index (χ1v) is 8.06. The molecule has 0 aliphatic heterocycles. The quantitative estimate of drug-likeness (QED) is 0.545. The maximum atomic E-state index is 12.1. The molecule has 0 fully saturated rings. The largest absolute Gasteiger partial charge is 0.478 e. The van der Waals surface area contributed by atoms with Crippen molar-refractivity contribution in [1.29, 1.82) is 0 Å². The summed E-state index contributed by atoms with van der Waals surface area (Å²) in [5.41, 5.74) is 4.97. The molecule has 0 saturated carbocycles. The number of hydrogen-bond acceptors (Lipinski definition) is 4. The van der Waals surface area contributed by atoms with Gasteiger partial charge in [-0.15, -0.1) is 0 Å². The molecule has 0 saturated heterocycles. The van der Waals surface area contributed by atoms with Crippen molar-refractivity contribution in [1.82, 2.24) is 4.98 Å². The van der Waals surface area contributed by atoms with Crippen LogP contribution in [0.5, 0.6) is 0 Å². The number of nitrogen functional groups attached to an aromatic ring is 1. The van der Waals surface area contributed by atoms with Crippen LogP contribution >= 0.6 is 11.6 Å². The predicted octanol–water partition coefficient (Wildman–Crippen LogP) is 3.34. The van der Waals surface area contributed by atoms with E-state index in [1.165, 1.54) is 12.1 Å². The van der Waals surface area contributed by atoms with Gasteiger partial charge in [-0.1, -0.05) is 54.1 Å². The summed E-state index contributed by atoms with van der Waals surface area (Å²) in [5, 5.41) is 19.4. The first kappa shape index (κ1) is 18.2. The molecule has 0 atom stereocenters. The van der Waals surface area contributed by atoms with Gasteiger partial charge < -0.3 is 20.9 Å². The number of anilines is 1. The average Bonchev–Trinajstić information content (AvgIpc) is 2.61. The van der Waals surface area contributed by atoms with Gasteiger partial charge in [0.25, 0.3) is 5.56 Å². The van der Waals surface area contributed by atoms with Gasteiger partial charge in [0.2, 0.25) is 0 Å². The fraction of sp³-hybridized carbons (Fsp3) is 0. The Bertz CT molecular complexity index is 1120. The van der Waals surface area contributed by atoms with E-state index >= 15 is 0 Å². The minimum Gasteiger partial charge on any atom is -0.478 e. The number of aromatic carboxylic acids is 2. The molecule has 5 N–H and O–H groups in total. The first-order chi connectivity index (χ1) is 12.8. The summed E-state index contributed by atoms with van der Waals surface area (Å²) in [6.45, 7) is 0. The molecule has 8 heteroatoms. The third-order valence-corrected chi connectivity index (χ3v) is 4.36. The van der Waals surface area contributed by atoms with Gasteiger partial charge in [-0.05, 0) is 17.2 Å². The maximum Gasteiger partial charge on any atom is 0.342 e. The maximum absolute atomic E-state index is 12.1. The van der Waals surface area contributed by atoms with E-state index < -0.39 is 34.4 Å². The summed E-state index contributed by atoms with van der Waals surface area (Å²) in [7, 11) is 0. The van der Waals surface area contributed by atoms with Gasteiger partial charge in [0.15, 0.2) is 0 Å². The lowest BCUT2D eigenvalue weighted by Crippen LogP contribution is -2.24. The van der Waals surface area contributed by atoms with Gasteiger partial charge in [-0.25, -0.2) is 9.59 Å². The van der Waals surface area contributed by atoms with E-state index in [0.717, 1.165) is 11.1 Å². The number of hydrogen-bond donors (Lipinski definition) is 4. The second kappa shape index (κ2) is 6.97. The molecule has 0 unspecified atom stereocenters. The normalized spacial score (nSPS) is 10.6. The molecule has 27 heavy (non-hydrogen) atoms. The summed E-state index contributed by atoms with van der Waals surface area (Å²) in [4.78, 5) is 37.3. The third kappa shape index (κ3) is 3.28. The zero-order chi connectivity index (χ0) is 19.7. The van der Waals surface area contributed by atoms with Crippen molar-refractivity contribution in [3.63, 3.8) is 0 Å². The molecule has 0 radical (unpaired) electrons. The van der Waals surface area contributed by atoms with Crippen LogP contribution in [0, 0.1) is 0 Å². The first-order valence-electron chi connectivity index (χ1n) is 7.69. The molecule has 0 aliphatic rings. The highest BCUT2D eigenvalue weighted by Crippen LogP contribution is 2.33. The molecule has 2 aromatic carbocycles. The highest BCUT2D eigenvalue weighted by atomic mass is 35.5. The van der Waals surface area contributed by atoms with Gasteiger partial charge in [0.05, 0.1) is 0 Å². The number of halogens is 1. The molecule has 3 aromatic rings. The number of nitrogens with two attached hydrogens (primary N) is 1. The standard InChI is InChI=1S/C19H13ClN2O5/c20-12-4-2-1-3-11(12)9-5-7-10(8-6-9)13-14(18(24)25)16(21)22-17(23)15(13)19(26)27/h1-8H,(H,24,25)(H,26,27)(H3,21,22,23). The van der Waals surface area contributed by atoms with Gasteiger partial charge in [-0.2, -0.15) is 0 Å². The molecule has 1 aromatic heterocycles. The molecule has 0 bridgehead atoms.